The van der Waals surface area contributed by atoms with E-state index in [1.165, 1.54) is 11.6 Å². The molecule has 2 atom stereocenters. The Kier molecular flexibility index (Phi) is 4.41. The summed E-state index contributed by atoms with van der Waals surface area (Å²) in [5, 5.41) is 0. The summed E-state index contributed by atoms with van der Waals surface area (Å²) in [6.45, 7) is 0. The van der Waals surface area contributed by atoms with Gasteiger partial charge in [-0.25, -0.2) is 0 Å². The van der Waals surface area contributed by atoms with E-state index in [1.54, 1.807) is 0 Å². The van der Waals surface area contributed by atoms with Gasteiger partial charge in [-0.1, -0.05) is 0 Å². The second-order valence-electron chi connectivity index (χ2n) is 4.09. The number of carbonyl (C=O) groups excluding carboxylic acids is 1. The Morgan fingerprint density at radius 3 is 2.82 bits per heavy atom. The van der Waals surface area contributed by atoms with Gasteiger partial charge in [0.25, 0.3) is 0 Å². The molecule has 0 saturated carbocycles. The molecule has 0 unspecified atom stereocenters. The number of esters is 1. The molecular formula is C14H16O2Se. The van der Waals surface area contributed by atoms with Crippen molar-refractivity contribution in [2.24, 2.45) is 5.92 Å². The predicted octanol–water partition coefficient (Wildman–Crippen LogP) is 1.94. The molecule has 1 aromatic rings. The van der Waals surface area contributed by atoms with Crippen LogP contribution in [0.15, 0.2) is 42.5 Å². The van der Waals surface area contributed by atoms with Crippen molar-refractivity contribution in [1.82, 2.24) is 0 Å². The number of methoxy groups -OCH3 is 1. The first kappa shape index (κ1) is 12.4. The number of hydrogen-bond donors (Lipinski definition) is 0. The maximum absolute atomic E-state index is 11.5. The molecule has 0 radical (unpaired) electrons. The summed E-state index contributed by atoms with van der Waals surface area (Å²) < 4.78 is 6.21. The van der Waals surface area contributed by atoms with Crippen LogP contribution in [0.4, 0.5) is 0 Å². The van der Waals surface area contributed by atoms with E-state index in [-0.39, 0.29) is 11.9 Å². The van der Waals surface area contributed by atoms with Crippen LogP contribution in [0.25, 0.3) is 0 Å². The van der Waals surface area contributed by atoms with E-state index in [0.717, 1.165) is 12.8 Å². The van der Waals surface area contributed by atoms with E-state index < -0.39 is 0 Å². The van der Waals surface area contributed by atoms with E-state index in [9.17, 15) is 4.79 Å². The fourth-order valence-corrected chi connectivity index (χ4v) is 4.45. The molecule has 2 nitrogen and oxygen atoms in total. The Morgan fingerprint density at radius 1 is 1.35 bits per heavy atom. The number of rotatable bonds is 3. The number of benzene rings is 1. The van der Waals surface area contributed by atoms with Gasteiger partial charge in [-0.15, -0.1) is 0 Å². The van der Waals surface area contributed by atoms with Gasteiger partial charge in [0.15, 0.2) is 0 Å². The molecule has 0 saturated heterocycles. The maximum atomic E-state index is 11.5. The van der Waals surface area contributed by atoms with Crippen molar-refractivity contribution in [2.45, 2.75) is 17.7 Å². The third kappa shape index (κ3) is 3.45. The fraction of sp³-hybridized carbons (Fsp3) is 0.357. The molecule has 0 N–H and O–H groups in total. The van der Waals surface area contributed by atoms with Crippen molar-refractivity contribution >= 4 is 25.4 Å². The van der Waals surface area contributed by atoms with Crippen molar-refractivity contribution < 1.29 is 9.53 Å². The van der Waals surface area contributed by atoms with Crippen LogP contribution >= 0.6 is 0 Å². The van der Waals surface area contributed by atoms with Crippen LogP contribution in [-0.2, 0) is 9.53 Å². The van der Waals surface area contributed by atoms with Gasteiger partial charge in [0, 0.05) is 0 Å². The molecule has 17 heavy (non-hydrogen) atoms. The molecule has 0 heterocycles. The van der Waals surface area contributed by atoms with E-state index in [1.807, 2.05) is 6.07 Å². The van der Waals surface area contributed by atoms with Crippen LogP contribution < -0.4 is 4.46 Å². The van der Waals surface area contributed by atoms with Gasteiger partial charge in [-0.2, -0.15) is 0 Å². The summed E-state index contributed by atoms with van der Waals surface area (Å²) in [5.41, 5.74) is 0. The van der Waals surface area contributed by atoms with Crippen LogP contribution in [0.1, 0.15) is 12.8 Å². The Labute approximate surface area is 108 Å². The molecule has 1 aromatic carbocycles. The van der Waals surface area contributed by atoms with Gasteiger partial charge in [0.05, 0.1) is 0 Å². The molecule has 0 aliphatic heterocycles. The summed E-state index contributed by atoms with van der Waals surface area (Å²) in [7, 11) is 1.47. The van der Waals surface area contributed by atoms with Crippen molar-refractivity contribution in [3.05, 3.63) is 42.5 Å². The predicted molar refractivity (Wildman–Crippen MR) is 69.5 cm³/mol. The quantitative estimate of drug-likeness (QED) is 0.484. The van der Waals surface area contributed by atoms with Gasteiger partial charge in [-0.05, 0) is 0 Å². The molecule has 0 bridgehead atoms. The second kappa shape index (κ2) is 6.04. The monoisotopic (exact) mass is 296 g/mol. The molecule has 0 spiro atoms. The normalized spacial score (nSPS) is 23.4. The molecule has 1 aliphatic rings. The van der Waals surface area contributed by atoms with Crippen molar-refractivity contribution in [3.8, 4) is 0 Å². The van der Waals surface area contributed by atoms with Crippen molar-refractivity contribution in [3.63, 3.8) is 0 Å². The summed E-state index contributed by atoms with van der Waals surface area (Å²) in [6.07, 6.45) is 6.14. The average molecular weight is 295 g/mol. The molecule has 1 aliphatic carbocycles. The molecular weight excluding hydrogens is 279 g/mol. The zero-order valence-electron chi connectivity index (χ0n) is 9.84. The SMILES string of the molecule is COC(=O)[C@H]1CC=C[C@@H]([Se]c2ccccc2)C1. The van der Waals surface area contributed by atoms with Crippen LogP contribution in [0.3, 0.4) is 0 Å². The van der Waals surface area contributed by atoms with E-state index >= 15 is 0 Å². The minimum absolute atomic E-state index is 0.0561. The van der Waals surface area contributed by atoms with Crippen LogP contribution in [0, 0.1) is 5.92 Å². The summed E-state index contributed by atoms with van der Waals surface area (Å²) >= 11 is 0.407. The number of allylic oxidation sites excluding steroid dienone is 2. The van der Waals surface area contributed by atoms with Gasteiger partial charge in [-0.3, -0.25) is 0 Å². The van der Waals surface area contributed by atoms with Crippen LogP contribution in [-0.4, -0.2) is 28.0 Å². The molecule has 0 amide bonds. The second-order valence-corrected chi connectivity index (χ2v) is 6.84. The van der Waals surface area contributed by atoms with Gasteiger partial charge >= 0.3 is 108 Å². The number of hydrogen-bond acceptors (Lipinski definition) is 2. The van der Waals surface area contributed by atoms with Crippen molar-refractivity contribution in [1.29, 1.82) is 0 Å². The summed E-state index contributed by atoms with van der Waals surface area (Å²) in [6, 6.07) is 10.5. The molecule has 3 heteroatoms. The topological polar surface area (TPSA) is 26.3 Å². The third-order valence-corrected chi connectivity index (χ3v) is 5.36. The van der Waals surface area contributed by atoms with Gasteiger partial charge < -0.3 is 0 Å². The Balaban J connectivity index is 1.97. The summed E-state index contributed by atoms with van der Waals surface area (Å²) in [5.74, 6) is -0.0104. The first-order valence-corrected chi connectivity index (χ1v) is 7.60. The first-order valence-electron chi connectivity index (χ1n) is 5.76. The Morgan fingerprint density at radius 2 is 2.12 bits per heavy atom. The van der Waals surface area contributed by atoms with Gasteiger partial charge in [0.2, 0.25) is 0 Å². The van der Waals surface area contributed by atoms with Gasteiger partial charge in [0.1, 0.15) is 0 Å². The van der Waals surface area contributed by atoms with E-state index in [0.29, 0.717) is 19.8 Å². The third-order valence-electron chi connectivity index (χ3n) is 2.85. The average Bonchev–Trinajstić information content (AvgIpc) is 2.39. The Hall–Kier alpha value is -1.05. The standard InChI is InChI=1S/C14H16O2Se/c1-16-14(15)11-6-5-9-13(10-11)17-12-7-3-2-4-8-12/h2-5,7-9,11,13H,6,10H2,1H3/t11-,13+/m0/s1. The number of ether oxygens (including phenoxy) is 1. The van der Waals surface area contributed by atoms with Crippen molar-refractivity contribution in [2.75, 3.05) is 7.11 Å². The minimum atomic E-state index is -0.0665. The molecule has 90 valence electrons. The fourth-order valence-electron chi connectivity index (χ4n) is 1.97. The van der Waals surface area contributed by atoms with E-state index in [4.69, 9.17) is 4.74 Å². The number of carbonyl (C=O) groups is 1. The van der Waals surface area contributed by atoms with E-state index in [2.05, 4.69) is 36.4 Å². The summed E-state index contributed by atoms with van der Waals surface area (Å²) in [4.78, 5) is 12.0. The van der Waals surface area contributed by atoms with Crippen LogP contribution in [0.2, 0.25) is 4.82 Å². The zero-order chi connectivity index (χ0) is 12.1. The first-order chi connectivity index (χ1) is 8.29. The zero-order valence-corrected chi connectivity index (χ0v) is 11.5. The molecule has 0 fully saturated rings. The molecule has 2 rings (SSSR count). The van der Waals surface area contributed by atoms with Crippen LogP contribution in [0.5, 0.6) is 0 Å². The Bertz CT molecular complexity index is 400. The molecule has 0 aromatic heterocycles.